The van der Waals surface area contributed by atoms with E-state index in [1.807, 2.05) is 14.1 Å². The van der Waals surface area contributed by atoms with Crippen molar-refractivity contribution in [1.82, 2.24) is 9.80 Å². The van der Waals surface area contributed by atoms with Crippen LogP contribution in [0.4, 0.5) is 10.1 Å². The third-order valence-corrected chi connectivity index (χ3v) is 3.46. The first kappa shape index (κ1) is 12.8. The number of nitrogens with zero attached hydrogens (tertiary/aromatic N) is 2. The van der Waals surface area contributed by atoms with Gasteiger partial charge in [0, 0.05) is 19.1 Å². The van der Waals surface area contributed by atoms with E-state index in [2.05, 4.69) is 4.90 Å². The van der Waals surface area contributed by atoms with Crippen LogP contribution in [0.25, 0.3) is 0 Å². The van der Waals surface area contributed by atoms with Gasteiger partial charge in [-0.3, -0.25) is 4.79 Å². The standard InChI is InChI=1S/C13H18FN3O/c1-16(2)9-6-7-17(8-9)13(18)10-4-3-5-11(14)12(10)15/h3-5,9H,6-8,15H2,1-2H3. The Kier molecular flexibility index (Phi) is 3.52. The zero-order valence-corrected chi connectivity index (χ0v) is 10.7. The van der Waals surface area contributed by atoms with E-state index in [1.54, 1.807) is 11.0 Å². The summed E-state index contributed by atoms with van der Waals surface area (Å²) in [4.78, 5) is 16.1. The Labute approximate surface area is 106 Å². The maximum atomic E-state index is 13.3. The van der Waals surface area contributed by atoms with Crippen molar-refractivity contribution >= 4 is 11.6 Å². The number of anilines is 1. The van der Waals surface area contributed by atoms with E-state index in [1.165, 1.54) is 12.1 Å². The molecular formula is C13H18FN3O. The van der Waals surface area contributed by atoms with E-state index >= 15 is 0 Å². The van der Waals surface area contributed by atoms with Gasteiger partial charge in [0.05, 0.1) is 11.3 Å². The fraction of sp³-hybridized carbons (Fsp3) is 0.462. The lowest BCUT2D eigenvalue weighted by atomic mass is 10.1. The predicted molar refractivity (Wildman–Crippen MR) is 68.8 cm³/mol. The van der Waals surface area contributed by atoms with Crippen LogP contribution in [0.3, 0.4) is 0 Å². The molecule has 0 radical (unpaired) electrons. The van der Waals surface area contributed by atoms with Crippen LogP contribution in [0.15, 0.2) is 18.2 Å². The van der Waals surface area contributed by atoms with Crippen LogP contribution in [-0.4, -0.2) is 48.9 Å². The molecule has 1 atom stereocenters. The van der Waals surface area contributed by atoms with E-state index in [9.17, 15) is 9.18 Å². The largest absolute Gasteiger partial charge is 0.396 e. The van der Waals surface area contributed by atoms with Crippen LogP contribution in [0.1, 0.15) is 16.8 Å². The summed E-state index contributed by atoms with van der Waals surface area (Å²) in [6, 6.07) is 4.71. The number of benzene rings is 1. The average molecular weight is 251 g/mol. The first-order chi connectivity index (χ1) is 8.50. The van der Waals surface area contributed by atoms with Crippen molar-refractivity contribution in [3.63, 3.8) is 0 Å². The minimum atomic E-state index is -0.538. The van der Waals surface area contributed by atoms with Gasteiger partial charge in [0.2, 0.25) is 0 Å². The molecule has 4 nitrogen and oxygen atoms in total. The van der Waals surface area contributed by atoms with Crippen LogP contribution in [0.5, 0.6) is 0 Å². The number of nitrogen functional groups attached to an aromatic ring is 1. The summed E-state index contributed by atoms with van der Waals surface area (Å²) in [6.45, 7) is 1.36. The van der Waals surface area contributed by atoms with Gasteiger partial charge >= 0.3 is 0 Å². The summed E-state index contributed by atoms with van der Waals surface area (Å²) in [7, 11) is 3.99. The van der Waals surface area contributed by atoms with Gasteiger partial charge < -0.3 is 15.5 Å². The highest BCUT2D eigenvalue weighted by Gasteiger charge is 2.29. The maximum Gasteiger partial charge on any atom is 0.256 e. The molecule has 0 aromatic heterocycles. The molecule has 0 saturated carbocycles. The van der Waals surface area contributed by atoms with E-state index < -0.39 is 5.82 Å². The number of halogens is 1. The van der Waals surface area contributed by atoms with E-state index in [0.29, 0.717) is 19.1 Å². The molecule has 0 bridgehead atoms. The number of likely N-dealkylation sites (tertiary alicyclic amines) is 1. The van der Waals surface area contributed by atoms with Gasteiger partial charge in [-0.1, -0.05) is 6.07 Å². The minimum Gasteiger partial charge on any atom is -0.396 e. The number of carbonyl (C=O) groups is 1. The molecule has 1 aliphatic rings. The van der Waals surface area contributed by atoms with Crippen LogP contribution in [0, 0.1) is 5.82 Å². The summed E-state index contributed by atoms with van der Waals surface area (Å²) in [5, 5.41) is 0. The SMILES string of the molecule is CN(C)C1CCN(C(=O)c2cccc(F)c2N)C1. The first-order valence-corrected chi connectivity index (χ1v) is 6.00. The fourth-order valence-corrected chi connectivity index (χ4v) is 2.24. The fourth-order valence-electron chi connectivity index (χ4n) is 2.24. The van der Waals surface area contributed by atoms with Crippen LogP contribution in [0.2, 0.25) is 0 Å². The van der Waals surface area contributed by atoms with Gasteiger partial charge in [0.15, 0.2) is 0 Å². The zero-order chi connectivity index (χ0) is 13.3. The summed E-state index contributed by atoms with van der Waals surface area (Å²) in [6.07, 6.45) is 0.938. The number of nitrogens with two attached hydrogens (primary N) is 1. The molecule has 5 heteroatoms. The van der Waals surface area contributed by atoms with Crippen molar-refractivity contribution < 1.29 is 9.18 Å². The van der Waals surface area contributed by atoms with Crippen molar-refractivity contribution in [2.75, 3.05) is 32.9 Å². The number of amides is 1. The monoisotopic (exact) mass is 251 g/mol. The lowest BCUT2D eigenvalue weighted by Gasteiger charge is -2.21. The van der Waals surface area contributed by atoms with Gasteiger partial charge in [-0.05, 0) is 32.6 Å². The molecule has 2 rings (SSSR count). The predicted octanol–water partition coefficient (Wildman–Crippen LogP) is 1.18. The molecule has 1 aliphatic heterocycles. The molecule has 0 spiro atoms. The summed E-state index contributed by atoms with van der Waals surface area (Å²) < 4.78 is 13.3. The second kappa shape index (κ2) is 4.94. The van der Waals surface area contributed by atoms with Gasteiger partial charge in [-0.2, -0.15) is 0 Å². The van der Waals surface area contributed by atoms with Crippen molar-refractivity contribution in [1.29, 1.82) is 0 Å². The number of likely N-dealkylation sites (N-methyl/N-ethyl adjacent to an activating group) is 1. The lowest BCUT2D eigenvalue weighted by molar-refractivity contribution is 0.0783. The highest BCUT2D eigenvalue weighted by molar-refractivity contribution is 5.99. The van der Waals surface area contributed by atoms with Crippen LogP contribution in [-0.2, 0) is 0 Å². The Balaban J connectivity index is 2.16. The quantitative estimate of drug-likeness (QED) is 0.803. The summed E-state index contributed by atoms with van der Waals surface area (Å²) in [5.74, 6) is -0.722. The Bertz CT molecular complexity index is 462. The highest BCUT2D eigenvalue weighted by Crippen LogP contribution is 2.21. The molecule has 1 saturated heterocycles. The summed E-state index contributed by atoms with van der Waals surface area (Å²) in [5.41, 5.74) is 5.81. The first-order valence-electron chi connectivity index (χ1n) is 6.00. The van der Waals surface area contributed by atoms with E-state index in [4.69, 9.17) is 5.73 Å². The van der Waals surface area contributed by atoms with E-state index in [-0.39, 0.29) is 17.2 Å². The molecule has 0 aliphatic carbocycles. The third kappa shape index (κ3) is 2.31. The molecule has 1 aromatic rings. The number of carbonyl (C=O) groups excluding carboxylic acids is 1. The molecule has 18 heavy (non-hydrogen) atoms. The van der Waals surface area contributed by atoms with Crippen molar-refractivity contribution in [3.05, 3.63) is 29.6 Å². The topological polar surface area (TPSA) is 49.6 Å². The second-order valence-corrected chi connectivity index (χ2v) is 4.86. The smallest absolute Gasteiger partial charge is 0.256 e. The molecule has 1 amide bonds. The van der Waals surface area contributed by atoms with Gasteiger partial charge in [0.25, 0.3) is 5.91 Å². The van der Waals surface area contributed by atoms with Crippen LogP contribution < -0.4 is 5.73 Å². The van der Waals surface area contributed by atoms with Crippen molar-refractivity contribution in [2.45, 2.75) is 12.5 Å². The number of hydrogen-bond donors (Lipinski definition) is 1. The lowest BCUT2D eigenvalue weighted by Crippen LogP contribution is -2.34. The number of para-hydroxylation sites is 1. The molecule has 2 N–H and O–H groups in total. The minimum absolute atomic E-state index is 0.0594. The molecule has 1 unspecified atom stereocenters. The van der Waals surface area contributed by atoms with Crippen LogP contribution >= 0.6 is 0 Å². The number of rotatable bonds is 2. The Hall–Kier alpha value is -1.62. The molecule has 1 aromatic carbocycles. The molecule has 1 fully saturated rings. The highest BCUT2D eigenvalue weighted by atomic mass is 19.1. The molecule has 98 valence electrons. The average Bonchev–Trinajstić information content (AvgIpc) is 2.81. The van der Waals surface area contributed by atoms with Gasteiger partial charge in [0.1, 0.15) is 5.82 Å². The van der Waals surface area contributed by atoms with Gasteiger partial charge in [-0.15, -0.1) is 0 Å². The van der Waals surface area contributed by atoms with E-state index in [0.717, 1.165) is 6.42 Å². The zero-order valence-electron chi connectivity index (χ0n) is 10.7. The molecule has 1 heterocycles. The third-order valence-electron chi connectivity index (χ3n) is 3.46. The summed E-state index contributed by atoms with van der Waals surface area (Å²) >= 11 is 0. The maximum absolute atomic E-state index is 13.3. The Morgan fingerprint density at radius 1 is 1.50 bits per heavy atom. The molecular weight excluding hydrogens is 233 g/mol. The number of hydrogen-bond acceptors (Lipinski definition) is 3. The van der Waals surface area contributed by atoms with Gasteiger partial charge in [-0.25, -0.2) is 4.39 Å². The normalized spacial score (nSPS) is 19.6. The Morgan fingerprint density at radius 2 is 2.22 bits per heavy atom. The van der Waals surface area contributed by atoms with Crippen molar-refractivity contribution in [3.8, 4) is 0 Å². The van der Waals surface area contributed by atoms with Crippen molar-refractivity contribution in [2.24, 2.45) is 0 Å². The Morgan fingerprint density at radius 3 is 2.83 bits per heavy atom. The second-order valence-electron chi connectivity index (χ2n) is 4.86.